The lowest BCUT2D eigenvalue weighted by Crippen LogP contribution is -2.40. The molecule has 0 radical (unpaired) electrons. The molecule has 2 atom stereocenters. The van der Waals surface area contributed by atoms with Crippen LogP contribution in [0, 0.1) is 5.92 Å². The molecular weight excluding hydrogens is 767 g/mol. The number of anilines is 3. The van der Waals surface area contributed by atoms with Gasteiger partial charge < -0.3 is 20.8 Å². The predicted octanol–water partition coefficient (Wildman–Crippen LogP) is 7.33. The number of amides is 1. The molecule has 17 heteroatoms. The summed E-state index contributed by atoms with van der Waals surface area (Å²) in [7, 11) is 0. The molecular formula is C39H39Cl2F2N9O4. The third-order valence-corrected chi connectivity index (χ3v) is 11.6. The highest BCUT2D eigenvalue weighted by molar-refractivity contribution is 6.39. The van der Waals surface area contributed by atoms with Crippen molar-refractivity contribution in [3.63, 3.8) is 0 Å². The molecule has 1 unspecified atom stereocenters. The number of nitrogens with zero attached hydrogens (tertiary/aromatic N) is 7. The molecule has 0 saturated carbocycles. The van der Waals surface area contributed by atoms with Crippen molar-refractivity contribution in [2.75, 3.05) is 36.8 Å². The lowest BCUT2D eigenvalue weighted by atomic mass is 9.93. The number of hydrogen-bond acceptors (Lipinski definition) is 10. The summed E-state index contributed by atoms with van der Waals surface area (Å²) in [5.41, 5.74) is 4.19. The number of benzene rings is 2. The van der Waals surface area contributed by atoms with Crippen molar-refractivity contribution in [1.82, 2.24) is 34.5 Å². The van der Waals surface area contributed by atoms with Gasteiger partial charge >= 0.3 is 5.97 Å². The first kappa shape index (κ1) is 38.1. The maximum Gasteiger partial charge on any atom is 0.306 e. The standard InChI is InChI=1S/C39H39Cl2F2N9O4/c40-32-24(4-1-6-26(32)45-36-34-28(46-37(48-36)35(42)43)16-21(18-44-34)19-50-13-11-23(53)20-50)25-5-2-7-27(33(25)41)47-38(54)29-17-31-30(8-3-12-52(31)49-29)51-14-9-22(10-15-51)39(55)56/h1-2,4-7,16-18,22-23,30,35,53H,3,8-15,19-20H2,(H,47,54)(H,55,56)(H,45,46,48)/t23-,30?/m1/s1. The quantitative estimate of drug-likeness (QED) is 0.112. The Morgan fingerprint density at radius 1 is 0.929 bits per heavy atom. The number of piperidine rings is 1. The molecule has 292 valence electrons. The Morgan fingerprint density at radius 3 is 2.36 bits per heavy atom. The number of rotatable bonds is 10. The molecule has 56 heavy (non-hydrogen) atoms. The first-order valence-corrected chi connectivity index (χ1v) is 19.3. The lowest BCUT2D eigenvalue weighted by molar-refractivity contribution is -0.143. The largest absolute Gasteiger partial charge is 0.481 e. The molecule has 4 N–H and O–H groups in total. The minimum atomic E-state index is -2.94. The SMILES string of the molecule is O=C(Nc1cccc(-c2cccc(Nc3nc(C(F)F)nc4cc(CN5CC[C@@H](O)C5)cnc34)c2Cl)c1Cl)c1cc2n(n1)CCCC2N1CCC(C(=O)O)CC1. The van der Waals surface area contributed by atoms with Crippen molar-refractivity contribution >= 4 is 63.3 Å². The van der Waals surface area contributed by atoms with Crippen molar-refractivity contribution < 1.29 is 28.6 Å². The number of β-amino-alcohol motifs (C(OH)–C–C–N with tert-alkyl or cyclic N) is 1. The number of aromatic nitrogens is 5. The van der Waals surface area contributed by atoms with Gasteiger partial charge in [0.15, 0.2) is 17.3 Å². The number of fused-ring (bicyclic) bond motifs is 2. The fourth-order valence-corrected chi connectivity index (χ4v) is 8.50. The van der Waals surface area contributed by atoms with E-state index in [0.717, 1.165) is 30.6 Å². The fourth-order valence-electron chi connectivity index (χ4n) is 7.95. The monoisotopic (exact) mass is 805 g/mol. The highest BCUT2D eigenvalue weighted by Crippen LogP contribution is 2.42. The van der Waals surface area contributed by atoms with Crippen LogP contribution in [0.2, 0.25) is 10.0 Å². The van der Waals surface area contributed by atoms with Gasteiger partial charge in [0.05, 0.1) is 50.7 Å². The van der Waals surface area contributed by atoms with Crippen LogP contribution >= 0.6 is 23.2 Å². The molecule has 3 aliphatic rings. The second-order valence-electron chi connectivity index (χ2n) is 14.5. The van der Waals surface area contributed by atoms with Crippen LogP contribution in [0.25, 0.3) is 22.2 Å². The molecule has 6 heterocycles. The Hall–Kier alpha value is -4.80. The van der Waals surface area contributed by atoms with Gasteiger partial charge in [-0.25, -0.2) is 18.7 Å². The molecule has 5 aromatic rings. The third-order valence-electron chi connectivity index (χ3n) is 10.8. The number of halogens is 4. The van der Waals surface area contributed by atoms with Crippen molar-refractivity contribution in [3.05, 3.63) is 87.5 Å². The number of carbonyl (C=O) groups is 2. The number of aliphatic hydroxyl groups is 1. The zero-order valence-corrected chi connectivity index (χ0v) is 31.6. The number of nitrogens with one attached hydrogen (secondary N) is 2. The van der Waals surface area contributed by atoms with E-state index in [9.17, 15) is 28.6 Å². The summed E-state index contributed by atoms with van der Waals surface area (Å²) in [5.74, 6) is -2.13. The van der Waals surface area contributed by atoms with Gasteiger partial charge in [-0.2, -0.15) is 5.10 Å². The summed E-state index contributed by atoms with van der Waals surface area (Å²) in [6.07, 6.45) is 1.96. The van der Waals surface area contributed by atoms with Crippen LogP contribution in [0.5, 0.6) is 0 Å². The first-order valence-electron chi connectivity index (χ1n) is 18.6. The Kier molecular flexibility index (Phi) is 10.9. The van der Waals surface area contributed by atoms with Crippen LogP contribution in [0.3, 0.4) is 0 Å². The van der Waals surface area contributed by atoms with Gasteiger partial charge in [-0.1, -0.05) is 47.5 Å². The van der Waals surface area contributed by atoms with Crippen LogP contribution < -0.4 is 10.6 Å². The average Bonchev–Trinajstić information content (AvgIpc) is 3.82. The van der Waals surface area contributed by atoms with Crippen LogP contribution in [-0.2, 0) is 17.9 Å². The van der Waals surface area contributed by atoms with E-state index in [-0.39, 0.29) is 44.6 Å². The molecule has 3 aliphatic heterocycles. The highest BCUT2D eigenvalue weighted by Gasteiger charge is 2.33. The van der Waals surface area contributed by atoms with Crippen molar-refractivity contribution in [2.45, 2.75) is 63.8 Å². The number of aliphatic carboxylic acids is 1. The van der Waals surface area contributed by atoms with Crippen LogP contribution in [0.1, 0.15) is 72.1 Å². The number of aliphatic hydroxyl groups excluding tert-OH is 1. The van der Waals surface area contributed by atoms with E-state index < -0.39 is 30.2 Å². The number of pyridine rings is 1. The molecule has 3 aromatic heterocycles. The van der Waals surface area contributed by atoms with E-state index in [2.05, 4.69) is 40.5 Å². The number of carboxylic acid groups (broad SMARTS) is 1. The third kappa shape index (κ3) is 7.78. The van der Waals surface area contributed by atoms with Gasteiger partial charge in [-0.3, -0.25) is 29.1 Å². The van der Waals surface area contributed by atoms with Crippen molar-refractivity contribution in [2.24, 2.45) is 5.92 Å². The molecule has 0 aliphatic carbocycles. The van der Waals surface area contributed by atoms with Crippen molar-refractivity contribution in [1.29, 1.82) is 0 Å². The van der Waals surface area contributed by atoms with E-state index >= 15 is 0 Å². The van der Waals surface area contributed by atoms with Crippen LogP contribution in [-0.4, -0.2) is 88.9 Å². The molecule has 1 amide bonds. The van der Waals surface area contributed by atoms with Gasteiger partial charge in [0.25, 0.3) is 12.3 Å². The summed E-state index contributed by atoms with van der Waals surface area (Å²) < 4.78 is 29.9. The second-order valence-corrected chi connectivity index (χ2v) is 15.3. The highest BCUT2D eigenvalue weighted by atomic mass is 35.5. The fraction of sp³-hybridized carbons (Fsp3) is 0.385. The number of hydrogen-bond donors (Lipinski definition) is 4. The smallest absolute Gasteiger partial charge is 0.306 e. The maximum atomic E-state index is 14.0. The Morgan fingerprint density at radius 2 is 1.66 bits per heavy atom. The molecule has 2 aromatic carbocycles. The van der Waals surface area contributed by atoms with Crippen LogP contribution in [0.4, 0.5) is 26.0 Å². The summed E-state index contributed by atoms with van der Waals surface area (Å²) in [4.78, 5) is 42.2. The normalized spacial score (nSPS) is 19.4. The van der Waals surface area contributed by atoms with Gasteiger partial charge in [0.1, 0.15) is 5.52 Å². The minimum absolute atomic E-state index is 0.0497. The van der Waals surface area contributed by atoms with E-state index in [1.165, 1.54) is 0 Å². The first-order chi connectivity index (χ1) is 27.0. The Labute approximate surface area is 330 Å². The number of carboxylic acids is 1. The average molecular weight is 807 g/mol. The van der Waals surface area contributed by atoms with Crippen molar-refractivity contribution in [3.8, 4) is 11.1 Å². The molecule has 2 saturated heterocycles. The maximum absolute atomic E-state index is 14.0. The number of carbonyl (C=O) groups excluding carboxylic acids is 1. The van der Waals surface area contributed by atoms with Gasteiger partial charge in [0.2, 0.25) is 0 Å². The van der Waals surface area contributed by atoms with E-state index in [1.54, 1.807) is 54.7 Å². The van der Waals surface area contributed by atoms with Crippen LogP contribution in [0.15, 0.2) is 54.7 Å². The molecule has 0 bridgehead atoms. The summed E-state index contributed by atoms with van der Waals surface area (Å²) in [5, 5.41) is 30.4. The lowest BCUT2D eigenvalue weighted by Gasteiger charge is -2.38. The summed E-state index contributed by atoms with van der Waals surface area (Å²) in [6, 6.07) is 13.9. The summed E-state index contributed by atoms with van der Waals surface area (Å²) in [6.45, 7) is 3.76. The van der Waals surface area contributed by atoms with E-state index in [4.69, 9.17) is 23.2 Å². The summed E-state index contributed by atoms with van der Waals surface area (Å²) >= 11 is 13.9. The van der Waals surface area contributed by atoms with E-state index in [1.807, 2.05) is 4.68 Å². The number of alkyl halides is 2. The topological polar surface area (TPSA) is 162 Å². The Balaban J connectivity index is 1.02. The van der Waals surface area contributed by atoms with Gasteiger partial charge in [0, 0.05) is 43.5 Å². The van der Waals surface area contributed by atoms with Gasteiger partial charge in [-0.05, 0) is 75.0 Å². The molecule has 8 rings (SSSR count). The van der Waals surface area contributed by atoms with E-state index in [0.29, 0.717) is 74.5 Å². The predicted molar refractivity (Wildman–Crippen MR) is 207 cm³/mol. The molecule has 13 nitrogen and oxygen atoms in total. The zero-order valence-electron chi connectivity index (χ0n) is 30.1. The zero-order chi connectivity index (χ0) is 39.1. The number of aryl methyl sites for hydroxylation is 1. The molecule has 0 spiro atoms. The second kappa shape index (κ2) is 16.0. The Bertz CT molecular complexity index is 2300. The minimum Gasteiger partial charge on any atom is -0.481 e. The molecule has 2 fully saturated rings. The number of likely N-dealkylation sites (tertiary alicyclic amines) is 2. The van der Waals surface area contributed by atoms with Gasteiger partial charge in [-0.15, -0.1) is 0 Å².